The Morgan fingerprint density at radius 1 is 1.56 bits per heavy atom. The second-order valence-electron chi connectivity index (χ2n) is 4.73. The van der Waals surface area contributed by atoms with Crippen molar-refractivity contribution >= 4 is 0 Å². The third kappa shape index (κ3) is 3.89. The normalized spacial score (nSPS) is 26.9. The summed E-state index contributed by atoms with van der Waals surface area (Å²) >= 11 is 0. The van der Waals surface area contributed by atoms with Crippen LogP contribution >= 0.6 is 0 Å². The first-order valence-corrected chi connectivity index (χ1v) is 6.28. The summed E-state index contributed by atoms with van der Waals surface area (Å²) in [5, 5.41) is 9.56. The molecular formula is C13H25NO2. The van der Waals surface area contributed by atoms with E-state index in [0.717, 1.165) is 45.7 Å². The fraction of sp³-hybridized carbons (Fsp3) is 0.846. The van der Waals surface area contributed by atoms with E-state index in [9.17, 15) is 5.11 Å². The molecule has 1 aliphatic heterocycles. The summed E-state index contributed by atoms with van der Waals surface area (Å²) in [5.74, 6) is 0. The van der Waals surface area contributed by atoms with Crippen molar-refractivity contribution in [1.29, 1.82) is 0 Å². The van der Waals surface area contributed by atoms with Crippen molar-refractivity contribution in [2.75, 3.05) is 39.5 Å². The van der Waals surface area contributed by atoms with Crippen LogP contribution in [0.2, 0.25) is 0 Å². The van der Waals surface area contributed by atoms with Crippen molar-refractivity contribution in [2.24, 2.45) is 5.41 Å². The Labute approximate surface area is 99.1 Å². The summed E-state index contributed by atoms with van der Waals surface area (Å²) in [7, 11) is 0. The Bertz CT molecular complexity index is 208. The summed E-state index contributed by atoms with van der Waals surface area (Å²) in [4.78, 5) is 2.40. The van der Waals surface area contributed by atoms with Crippen LogP contribution < -0.4 is 0 Å². The molecule has 3 heteroatoms. The van der Waals surface area contributed by atoms with E-state index in [1.54, 1.807) is 0 Å². The van der Waals surface area contributed by atoms with E-state index in [1.165, 1.54) is 6.42 Å². The molecule has 0 bridgehead atoms. The van der Waals surface area contributed by atoms with E-state index in [2.05, 4.69) is 11.5 Å². The Morgan fingerprint density at radius 2 is 2.38 bits per heavy atom. The molecule has 1 N–H and O–H groups in total. The topological polar surface area (TPSA) is 32.7 Å². The average Bonchev–Trinajstić information content (AvgIpc) is 2.30. The molecule has 1 rings (SSSR count). The first-order chi connectivity index (χ1) is 7.76. The molecule has 1 fully saturated rings. The maximum absolute atomic E-state index is 9.56. The molecule has 1 saturated heterocycles. The fourth-order valence-corrected chi connectivity index (χ4v) is 2.51. The maximum Gasteiger partial charge on any atom is 0.0593 e. The molecule has 1 atom stereocenters. The predicted octanol–water partition coefficient (Wildman–Crippen LogP) is 1.67. The van der Waals surface area contributed by atoms with Crippen molar-refractivity contribution in [2.45, 2.75) is 26.2 Å². The molecule has 1 aliphatic rings. The molecule has 0 radical (unpaired) electrons. The monoisotopic (exact) mass is 227 g/mol. The summed E-state index contributed by atoms with van der Waals surface area (Å²) < 4.78 is 5.37. The number of hydrogen-bond acceptors (Lipinski definition) is 3. The largest absolute Gasteiger partial charge is 0.396 e. The van der Waals surface area contributed by atoms with Gasteiger partial charge < -0.3 is 14.7 Å². The zero-order valence-electron chi connectivity index (χ0n) is 10.5. The van der Waals surface area contributed by atoms with Crippen LogP contribution in [0.25, 0.3) is 0 Å². The molecule has 0 saturated carbocycles. The third-order valence-corrected chi connectivity index (χ3v) is 3.41. The van der Waals surface area contributed by atoms with Crippen molar-refractivity contribution in [3.05, 3.63) is 12.7 Å². The van der Waals surface area contributed by atoms with E-state index < -0.39 is 0 Å². The number of aliphatic hydroxyl groups excluding tert-OH is 1. The standard InChI is InChI=1S/C13H25NO2/c1-3-6-13(12-15)7-5-8-14(11-13)9-10-16-4-2/h3,15H,1,4-12H2,2H3/t13-/m1/s1. The van der Waals surface area contributed by atoms with E-state index in [1.807, 2.05) is 13.0 Å². The maximum atomic E-state index is 9.56. The first kappa shape index (κ1) is 13.7. The lowest BCUT2D eigenvalue weighted by molar-refractivity contribution is 0.0194. The molecule has 1 heterocycles. The third-order valence-electron chi connectivity index (χ3n) is 3.41. The number of piperidine rings is 1. The van der Waals surface area contributed by atoms with Crippen LogP contribution in [0.15, 0.2) is 12.7 Å². The van der Waals surface area contributed by atoms with Crippen molar-refractivity contribution in [3.8, 4) is 0 Å². The quantitative estimate of drug-likeness (QED) is 0.530. The van der Waals surface area contributed by atoms with Gasteiger partial charge in [0.25, 0.3) is 0 Å². The SMILES string of the molecule is C=CC[C@@]1(CO)CCCN(CCOCC)C1. The van der Waals surface area contributed by atoms with Crippen molar-refractivity contribution in [3.63, 3.8) is 0 Å². The van der Waals surface area contributed by atoms with E-state index in [0.29, 0.717) is 0 Å². The zero-order chi connectivity index (χ0) is 11.9. The molecule has 3 nitrogen and oxygen atoms in total. The van der Waals surface area contributed by atoms with Gasteiger partial charge in [-0.2, -0.15) is 0 Å². The second-order valence-corrected chi connectivity index (χ2v) is 4.73. The summed E-state index contributed by atoms with van der Waals surface area (Å²) in [5.41, 5.74) is 0.0478. The zero-order valence-corrected chi connectivity index (χ0v) is 10.5. The number of nitrogens with zero attached hydrogens (tertiary/aromatic N) is 1. The van der Waals surface area contributed by atoms with Gasteiger partial charge in [-0.25, -0.2) is 0 Å². The fourth-order valence-electron chi connectivity index (χ4n) is 2.51. The number of hydrogen-bond donors (Lipinski definition) is 1. The predicted molar refractivity (Wildman–Crippen MR) is 66.5 cm³/mol. The molecule has 94 valence electrons. The van der Waals surface area contributed by atoms with E-state index in [4.69, 9.17) is 4.74 Å². The number of likely N-dealkylation sites (tertiary alicyclic amines) is 1. The van der Waals surface area contributed by atoms with Crippen LogP contribution in [0.3, 0.4) is 0 Å². The van der Waals surface area contributed by atoms with Crippen LogP contribution in [-0.2, 0) is 4.74 Å². The number of aliphatic hydroxyl groups is 1. The van der Waals surface area contributed by atoms with Crippen LogP contribution in [0, 0.1) is 5.41 Å². The highest BCUT2D eigenvalue weighted by atomic mass is 16.5. The molecule has 0 aromatic rings. The van der Waals surface area contributed by atoms with Gasteiger partial charge in [0, 0.05) is 25.1 Å². The average molecular weight is 227 g/mol. The molecule has 0 aromatic heterocycles. The van der Waals surface area contributed by atoms with Crippen LogP contribution in [0.1, 0.15) is 26.2 Å². The number of allylic oxidation sites excluding steroid dienone is 1. The smallest absolute Gasteiger partial charge is 0.0593 e. The van der Waals surface area contributed by atoms with Gasteiger partial charge in [-0.05, 0) is 32.7 Å². The van der Waals surface area contributed by atoms with Gasteiger partial charge in [-0.3, -0.25) is 0 Å². The van der Waals surface area contributed by atoms with Crippen LogP contribution in [-0.4, -0.2) is 49.5 Å². The first-order valence-electron chi connectivity index (χ1n) is 6.28. The van der Waals surface area contributed by atoms with Crippen LogP contribution in [0.5, 0.6) is 0 Å². The summed E-state index contributed by atoms with van der Waals surface area (Å²) in [6, 6.07) is 0. The molecule has 0 aromatic carbocycles. The lowest BCUT2D eigenvalue weighted by Gasteiger charge is -2.41. The lowest BCUT2D eigenvalue weighted by atomic mass is 9.78. The minimum Gasteiger partial charge on any atom is -0.396 e. The second kappa shape index (κ2) is 7.05. The van der Waals surface area contributed by atoms with E-state index >= 15 is 0 Å². The molecule has 0 spiro atoms. The van der Waals surface area contributed by atoms with Gasteiger partial charge in [0.2, 0.25) is 0 Å². The highest BCUT2D eigenvalue weighted by Gasteiger charge is 2.33. The molecule has 16 heavy (non-hydrogen) atoms. The molecule has 0 aliphatic carbocycles. The van der Waals surface area contributed by atoms with Gasteiger partial charge in [0.15, 0.2) is 0 Å². The highest BCUT2D eigenvalue weighted by Crippen LogP contribution is 2.33. The molecular weight excluding hydrogens is 202 g/mol. The number of rotatable bonds is 7. The van der Waals surface area contributed by atoms with E-state index in [-0.39, 0.29) is 12.0 Å². The molecule has 0 unspecified atom stereocenters. The minimum atomic E-state index is 0.0478. The van der Waals surface area contributed by atoms with Gasteiger partial charge in [-0.1, -0.05) is 6.08 Å². The van der Waals surface area contributed by atoms with Crippen molar-refractivity contribution in [1.82, 2.24) is 4.90 Å². The van der Waals surface area contributed by atoms with Gasteiger partial charge in [-0.15, -0.1) is 6.58 Å². The minimum absolute atomic E-state index is 0.0478. The number of ether oxygens (including phenoxy) is 1. The Balaban J connectivity index is 2.41. The Morgan fingerprint density at radius 3 is 3.00 bits per heavy atom. The summed E-state index contributed by atoms with van der Waals surface area (Å²) in [6.07, 6.45) is 5.12. The van der Waals surface area contributed by atoms with Gasteiger partial charge >= 0.3 is 0 Å². The van der Waals surface area contributed by atoms with Crippen LogP contribution in [0.4, 0.5) is 0 Å². The lowest BCUT2D eigenvalue weighted by Crippen LogP contribution is -2.46. The van der Waals surface area contributed by atoms with Gasteiger partial charge in [0.1, 0.15) is 0 Å². The highest BCUT2D eigenvalue weighted by molar-refractivity contribution is 4.91. The Kier molecular flexibility index (Phi) is 6.03. The summed E-state index contributed by atoms with van der Waals surface area (Å²) in [6.45, 7) is 10.7. The van der Waals surface area contributed by atoms with Gasteiger partial charge in [0.05, 0.1) is 13.2 Å². The van der Waals surface area contributed by atoms with Crippen molar-refractivity contribution < 1.29 is 9.84 Å². The Hall–Kier alpha value is -0.380. The molecule has 0 amide bonds.